The smallest absolute Gasteiger partial charge is 0.242 e. The number of hydrogen-bond donors (Lipinski definition) is 2. The van der Waals surface area contributed by atoms with Crippen LogP contribution in [0.4, 0.5) is 5.69 Å². The third kappa shape index (κ3) is 5.89. The lowest BCUT2D eigenvalue weighted by molar-refractivity contribution is -0.130. The van der Waals surface area contributed by atoms with Crippen LogP contribution in [0.2, 0.25) is 0 Å². The first-order valence-electron chi connectivity index (χ1n) is 10.4. The Labute approximate surface area is 178 Å². The van der Waals surface area contributed by atoms with Gasteiger partial charge in [-0.3, -0.25) is 4.79 Å². The average Bonchev–Trinajstić information content (AvgIpc) is 2.81. The molecule has 1 heterocycles. The number of anilines is 1. The fourth-order valence-electron chi connectivity index (χ4n) is 3.46. The van der Waals surface area contributed by atoms with Gasteiger partial charge >= 0.3 is 0 Å². The molecule has 1 saturated heterocycles. The van der Waals surface area contributed by atoms with Gasteiger partial charge in [0, 0.05) is 44.0 Å². The molecule has 7 heteroatoms. The highest BCUT2D eigenvalue weighted by Crippen LogP contribution is 2.18. The molecule has 160 valence electrons. The van der Waals surface area contributed by atoms with Crippen LogP contribution in [0.5, 0.6) is 5.75 Å². The molecule has 0 aliphatic carbocycles. The zero-order chi connectivity index (χ0) is 21.2. The van der Waals surface area contributed by atoms with Crippen molar-refractivity contribution < 1.29 is 9.53 Å². The monoisotopic (exact) mass is 409 g/mol. The first-order chi connectivity index (χ1) is 14.7. The second-order valence-electron chi connectivity index (χ2n) is 7.06. The van der Waals surface area contributed by atoms with Gasteiger partial charge in [-0.1, -0.05) is 36.4 Å². The quantitative estimate of drug-likeness (QED) is 0.541. The normalized spacial score (nSPS) is 14.4. The summed E-state index contributed by atoms with van der Waals surface area (Å²) in [6.45, 7) is 6.57. The van der Waals surface area contributed by atoms with Gasteiger partial charge < -0.3 is 25.2 Å². The minimum absolute atomic E-state index is 0.0885. The van der Waals surface area contributed by atoms with Gasteiger partial charge in [-0.05, 0) is 25.1 Å². The summed E-state index contributed by atoms with van der Waals surface area (Å²) in [5.41, 5.74) is 2.21. The number of guanidine groups is 1. The van der Waals surface area contributed by atoms with E-state index in [0.717, 1.165) is 44.0 Å². The molecule has 1 fully saturated rings. The van der Waals surface area contributed by atoms with E-state index < -0.39 is 0 Å². The maximum absolute atomic E-state index is 12.7. The first kappa shape index (κ1) is 21.5. The molecule has 2 aromatic carbocycles. The molecule has 0 radical (unpaired) electrons. The standard InChI is InChI=1S/C23H31N5O2/c1-3-24-23(25-17-19-9-7-8-12-21(19)30-2)26-18-22(29)28-15-13-27(14-16-28)20-10-5-4-6-11-20/h4-12H,3,13-18H2,1-2H3,(H2,24,25,26). The van der Waals surface area contributed by atoms with Gasteiger partial charge in [-0.2, -0.15) is 0 Å². The summed E-state index contributed by atoms with van der Waals surface area (Å²) in [5.74, 6) is 1.52. The predicted octanol–water partition coefficient (Wildman–Crippen LogP) is 2.10. The summed E-state index contributed by atoms with van der Waals surface area (Å²) in [6, 6.07) is 18.1. The molecule has 0 bridgehead atoms. The van der Waals surface area contributed by atoms with Crippen molar-refractivity contribution in [2.75, 3.05) is 51.3 Å². The lowest BCUT2D eigenvalue weighted by Gasteiger charge is -2.36. The molecular weight excluding hydrogens is 378 g/mol. The molecule has 1 aliphatic rings. The van der Waals surface area contributed by atoms with E-state index in [1.165, 1.54) is 5.69 Å². The molecule has 3 rings (SSSR count). The molecule has 0 unspecified atom stereocenters. The molecule has 30 heavy (non-hydrogen) atoms. The van der Waals surface area contributed by atoms with Crippen molar-refractivity contribution >= 4 is 17.6 Å². The van der Waals surface area contributed by atoms with E-state index in [4.69, 9.17) is 4.74 Å². The summed E-state index contributed by atoms with van der Waals surface area (Å²) in [5, 5.41) is 6.36. The second-order valence-corrected chi connectivity index (χ2v) is 7.06. The maximum atomic E-state index is 12.7. The van der Waals surface area contributed by atoms with Gasteiger partial charge in [0.1, 0.15) is 5.75 Å². The number of aliphatic imine (C=N–C) groups is 1. The summed E-state index contributed by atoms with van der Waals surface area (Å²) in [4.78, 5) is 21.5. The highest BCUT2D eigenvalue weighted by atomic mass is 16.5. The van der Waals surface area contributed by atoms with E-state index in [1.54, 1.807) is 7.11 Å². The van der Waals surface area contributed by atoms with Crippen LogP contribution < -0.4 is 20.3 Å². The maximum Gasteiger partial charge on any atom is 0.242 e. The van der Waals surface area contributed by atoms with E-state index in [2.05, 4.69) is 32.7 Å². The van der Waals surface area contributed by atoms with Crippen LogP contribution in [0, 0.1) is 0 Å². The van der Waals surface area contributed by atoms with Crippen molar-refractivity contribution in [2.24, 2.45) is 4.99 Å². The summed E-state index contributed by atoms with van der Waals surface area (Å²) in [6.07, 6.45) is 0. The summed E-state index contributed by atoms with van der Waals surface area (Å²) >= 11 is 0. The van der Waals surface area contributed by atoms with E-state index in [1.807, 2.05) is 54.3 Å². The Kier molecular flexibility index (Phi) is 7.94. The minimum atomic E-state index is 0.0885. The number of carbonyl (C=O) groups is 1. The van der Waals surface area contributed by atoms with Crippen molar-refractivity contribution in [2.45, 2.75) is 13.5 Å². The van der Waals surface area contributed by atoms with Crippen molar-refractivity contribution in [3.05, 3.63) is 60.2 Å². The Morgan fingerprint density at radius 1 is 1.00 bits per heavy atom. The molecule has 2 aromatic rings. The topological polar surface area (TPSA) is 69.2 Å². The molecule has 0 spiro atoms. The first-order valence-corrected chi connectivity index (χ1v) is 10.4. The van der Waals surface area contributed by atoms with Crippen molar-refractivity contribution in [3.63, 3.8) is 0 Å². The zero-order valence-electron chi connectivity index (χ0n) is 17.8. The van der Waals surface area contributed by atoms with Crippen molar-refractivity contribution in [1.82, 2.24) is 15.5 Å². The number of nitrogens with one attached hydrogen (secondary N) is 2. The van der Waals surface area contributed by atoms with Crippen molar-refractivity contribution in [1.29, 1.82) is 0 Å². The number of amides is 1. The Bertz CT molecular complexity index is 832. The molecule has 1 amide bonds. The van der Waals surface area contributed by atoms with Crippen LogP contribution in [0.3, 0.4) is 0 Å². The SMILES string of the molecule is CCNC(=NCc1ccccc1OC)NCC(=O)N1CCN(c2ccccc2)CC1. The van der Waals surface area contributed by atoms with Crippen LogP contribution in [-0.2, 0) is 11.3 Å². The van der Waals surface area contributed by atoms with E-state index >= 15 is 0 Å². The van der Waals surface area contributed by atoms with Crippen LogP contribution in [0.15, 0.2) is 59.6 Å². The molecular formula is C23H31N5O2. The fourth-order valence-corrected chi connectivity index (χ4v) is 3.46. The number of para-hydroxylation sites is 2. The average molecular weight is 410 g/mol. The highest BCUT2D eigenvalue weighted by Gasteiger charge is 2.21. The number of methoxy groups -OCH3 is 1. The number of piperazine rings is 1. The molecule has 0 aromatic heterocycles. The Morgan fingerprint density at radius 2 is 1.70 bits per heavy atom. The van der Waals surface area contributed by atoms with E-state index in [-0.39, 0.29) is 12.5 Å². The zero-order valence-corrected chi connectivity index (χ0v) is 17.8. The lowest BCUT2D eigenvalue weighted by atomic mass is 10.2. The van der Waals surface area contributed by atoms with Crippen LogP contribution in [0.25, 0.3) is 0 Å². The van der Waals surface area contributed by atoms with Gasteiger partial charge in [0.2, 0.25) is 5.91 Å². The lowest BCUT2D eigenvalue weighted by Crippen LogP contribution is -2.52. The number of carbonyl (C=O) groups excluding carboxylic acids is 1. The van der Waals surface area contributed by atoms with Gasteiger partial charge in [0.05, 0.1) is 20.2 Å². The van der Waals surface area contributed by atoms with Gasteiger partial charge in [0.15, 0.2) is 5.96 Å². The fraction of sp³-hybridized carbons (Fsp3) is 0.391. The number of benzene rings is 2. The number of nitrogens with zero attached hydrogens (tertiary/aromatic N) is 3. The van der Waals surface area contributed by atoms with Gasteiger partial charge in [0.25, 0.3) is 0 Å². The Morgan fingerprint density at radius 3 is 2.40 bits per heavy atom. The van der Waals surface area contributed by atoms with Crippen molar-refractivity contribution in [3.8, 4) is 5.75 Å². The van der Waals surface area contributed by atoms with E-state index in [9.17, 15) is 4.79 Å². The summed E-state index contributed by atoms with van der Waals surface area (Å²) in [7, 11) is 1.65. The number of rotatable bonds is 7. The minimum Gasteiger partial charge on any atom is -0.496 e. The van der Waals surface area contributed by atoms with Gasteiger partial charge in [-0.25, -0.2) is 4.99 Å². The van der Waals surface area contributed by atoms with Crippen LogP contribution >= 0.6 is 0 Å². The molecule has 0 saturated carbocycles. The highest BCUT2D eigenvalue weighted by molar-refractivity contribution is 5.86. The molecule has 2 N–H and O–H groups in total. The Balaban J connectivity index is 1.50. The molecule has 7 nitrogen and oxygen atoms in total. The van der Waals surface area contributed by atoms with E-state index in [0.29, 0.717) is 12.5 Å². The Hall–Kier alpha value is -3.22. The van der Waals surface area contributed by atoms with Crippen LogP contribution in [-0.4, -0.2) is 63.1 Å². The third-order valence-electron chi connectivity index (χ3n) is 5.11. The largest absolute Gasteiger partial charge is 0.496 e. The van der Waals surface area contributed by atoms with Crippen LogP contribution in [0.1, 0.15) is 12.5 Å². The second kappa shape index (κ2) is 11.1. The third-order valence-corrected chi connectivity index (χ3v) is 5.11. The van der Waals surface area contributed by atoms with Gasteiger partial charge in [-0.15, -0.1) is 0 Å². The number of ether oxygens (including phenoxy) is 1. The molecule has 1 aliphatic heterocycles. The summed E-state index contributed by atoms with van der Waals surface area (Å²) < 4.78 is 5.38. The molecule has 0 atom stereocenters. The number of hydrogen-bond acceptors (Lipinski definition) is 4. The predicted molar refractivity (Wildman–Crippen MR) is 121 cm³/mol.